The summed E-state index contributed by atoms with van der Waals surface area (Å²) in [5, 5.41) is 12.4. The van der Waals surface area contributed by atoms with E-state index in [4.69, 9.17) is 8.94 Å². The molecule has 10 nitrogen and oxygen atoms in total. The Morgan fingerprint density at radius 2 is 1.87 bits per heavy atom. The summed E-state index contributed by atoms with van der Waals surface area (Å²) in [4.78, 5) is 40.1. The zero-order valence-electron chi connectivity index (χ0n) is 17.7. The first-order valence-electron chi connectivity index (χ1n) is 10.6. The highest BCUT2D eigenvalue weighted by Gasteiger charge is 2.38. The Bertz CT molecular complexity index is 869. The molecule has 3 N–H and O–H groups in total. The van der Waals surface area contributed by atoms with E-state index in [2.05, 4.69) is 26.1 Å². The van der Waals surface area contributed by atoms with Crippen LogP contribution >= 0.6 is 0 Å². The van der Waals surface area contributed by atoms with E-state index in [1.165, 1.54) is 13.2 Å². The van der Waals surface area contributed by atoms with Crippen molar-refractivity contribution in [2.75, 3.05) is 6.54 Å². The minimum Gasteiger partial charge on any atom is -0.467 e. The second kappa shape index (κ2) is 10.7. The van der Waals surface area contributed by atoms with Crippen molar-refractivity contribution in [3.63, 3.8) is 0 Å². The van der Waals surface area contributed by atoms with E-state index >= 15 is 0 Å². The molecular weight excluding hydrogens is 402 g/mol. The Kier molecular flexibility index (Phi) is 7.80. The third-order valence-corrected chi connectivity index (χ3v) is 5.32. The molecule has 0 bridgehead atoms. The van der Waals surface area contributed by atoms with Crippen molar-refractivity contribution in [1.82, 2.24) is 26.1 Å². The number of carbonyl (C=O) groups excluding carboxylic acids is 3. The molecule has 3 amide bonds. The SMILES string of the molecule is CC(=O)NC1(c2noc(CCC(=O)NCC(=O)NCc3ccco3)n2)CCCCCC1. The second-order valence-corrected chi connectivity index (χ2v) is 7.82. The monoisotopic (exact) mass is 431 g/mol. The Balaban J connectivity index is 1.46. The number of rotatable bonds is 9. The maximum atomic E-state index is 12.1. The van der Waals surface area contributed by atoms with Crippen LogP contribution in [-0.4, -0.2) is 34.4 Å². The molecule has 0 aromatic carbocycles. The Morgan fingerprint density at radius 3 is 2.55 bits per heavy atom. The van der Waals surface area contributed by atoms with E-state index in [1.54, 1.807) is 12.1 Å². The molecule has 1 saturated carbocycles. The highest BCUT2D eigenvalue weighted by Crippen LogP contribution is 2.34. The van der Waals surface area contributed by atoms with Gasteiger partial charge in [-0.15, -0.1) is 0 Å². The molecule has 3 rings (SSSR count). The van der Waals surface area contributed by atoms with Gasteiger partial charge >= 0.3 is 0 Å². The molecule has 1 aliphatic rings. The summed E-state index contributed by atoms with van der Waals surface area (Å²) in [6, 6.07) is 3.49. The number of amides is 3. The quantitative estimate of drug-likeness (QED) is 0.514. The van der Waals surface area contributed by atoms with Crippen molar-refractivity contribution in [3.8, 4) is 0 Å². The first-order valence-corrected chi connectivity index (χ1v) is 10.6. The van der Waals surface area contributed by atoms with Crippen molar-refractivity contribution in [2.45, 2.75) is 70.4 Å². The number of hydrogen-bond donors (Lipinski definition) is 3. The minimum absolute atomic E-state index is 0.111. The zero-order valence-corrected chi connectivity index (χ0v) is 17.7. The van der Waals surface area contributed by atoms with E-state index in [0.29, 0.717) is 17.5 Å². The molecule has 0 aliphatic heterocycles. The van der Waals surface area contributed by atoms with Gasteiger partial charge in [-0.2, -0.15) is 4.98 Å². The summed E-state index contributed by atoms with van der Waals surface area (Å²) < 4.78 is 10.5. The average molecular weight is 431 g/mol. The van der Waals surface area contributed by atoms with Crippen LogP contribution in [0.1, 0.15) is 69.3 Å². The van der Waals surface area contributed by atoms with Gasteiger partial charge in [0.15, 0.2) is 5.82 Å². The molecule has 2 heterocycles. The van der Waals surface area contributed by atoms with Gasteiger partial charge in [0.2, 0.25) is 23.6 Å². The van der Waals surface area contributed by atoms with Gasteiger partial charge in [0.05, 0.1) is 19.4 Å². The zero-order chi connectivity index (χ0) is 22.1. The lowest BCUT2D eigenvalue weighted by atomic mass is 9.89. The summed E-state index contributed by atoms with van der Waals surface area (Å²) in [6.45, 7) is 1.63. The fraction of sp³-hybridized carbons (Fsp3) is 0.571. The molecule has 0 unspecified atom stereocenters. The first-order chi connectivity index (χ1) is 15.0. The molecule has 2 aromatic rings. The topological polar surface area (TPSA) is 139 Å². The molecule has 2 aromatic heterocycles. The Morgan fingerprint density at radius 1 is 1.10 bits per heavy atom. The van der Waals surface area contributed by atoms with Crippen molar-refractivity contribution in [2.24, 2.45) is 0 Å². The maximum absolute atomic E-state index is 12.1. The first kappa shape index (κ1) is 22.5. The number of aryl methyl sites for hydroxylation is 1. The number of carbonyl (C=O) groups is 3. The van der Waals surface area contributed by atoms with Gasteiger partial charge in [-0.05, 0) is 25.0 Å². The van der Waals surface area contributed by atoms with Crippen LogP contribution in [0.25, 0.3) is 0 Å². The van der Waals surface area contributed by atoms with Gasteiger partial charge in [-0.1, -0.05) is 30.8 Å². The van der Waals surface area contributed by atoms with Crippen LogP contribution in [-0.2, 0) is 32.9 Å². The standard InChI is InChI=1S/C21H29N5O5/c1-15(27)25-21(10-4-2-3-5-11-21)20-24-19(31-26-20)9-8-17(28)23-14-18(29)22-13-16-7-6-12-30-16/h6-7,12H,2-5,8-11,13-14H2,1H3,(H,22,29)(H,23,28)(H,25,27). The number of nitrogens with one attached hydrogen (secondary N) is 3. The highest BCUT2D eigenvalue weighted by atomic mass is 16.5. The van der Waals surface area contributed by atoms with E-state index in [-0.39, 0.29) is 43.7 Å². The van der Waals surface area contributed by atoms with Gasteiger partial charge in [0, 0.05) is 19.8 Å². The summed E-state index contributed by atoms with van der Waals surface area (Å²) in [5.74, 6) is 0.712. The third kappa shape index (κ3) is 6.66. The third-order valence-electron chi connectivity index (χ3n) is 5.32. The van der Waals surface area contributed by atoms with Crippen LogP contribution in [0.2, 0.25) is 0 Å². The molecule has 0 spiro atoms. The van der Waals surface area contributed by atoms with Crippen LogP contribution in [0.5, 0.6) is 0 Å². The number of hydrogen-bond acceptors (Lipinski definition) is 7. The van der Waals surface area contributed by atoms with Crippen LogP contribution in [0, 0.1) is 0 Å². The normalized spacial score (nSPS) is 15.6. The van der Waals surface area contributed by atoms with E-state index in [0.717, 1.165) is 38.5 Å². The smallest absolute Gasteiger partial charge is 0.239 e. The largest absolute Gasteiger partial charge is 0.467 e. The van der Waals surface area contributed by atoms with Crippen LogP contribution < -0.4 is 16.0 Å². The second-order valence-electron chi connectivity index (χ2n) is 7.82. The van der Waals surface area contributed by atoms with E-state index in [9.17, 15) is 14.4 Å². The van der Waals surface area contributed by atoms with Crippen molar-refractivity contribution < 1.29 is 23.3 Å². The summed E-state index contributed by atoms with van der Waals surface area (Å²) >= 11 is 0. The molecule has 1 aliphatic carbocycles. The Labute approximate surface area is 180 Å². The molecule has 10 heteroatoms. The molecule has 0 saturated heterocycles. The Hall–Kier alpha value is -3.17. The van der Waals surface area contributed by atoms with Crippen LogP contribution in [0.4, 0.5) is 0 Å². The van der Waals surface area contributed by atoms with E-state index < -0.39 is 5.54 Å². The predicted octanol–water partition coefficient (Wildman–Crippen LogP) is 1.71. The van der Waals surface area contributed by atoms with Crippen molar-refractivity contribution in [1.29, 1.82) is 0 Å². The van der Waals surface area contributed by atoms with Gasteiger partial charge in [0.25, 0.3) is 0 Å². The molecular formula is C21H29N5O5. The minimum atomic E-state index is -0.613. The summed E-state index contributed by atoms with van der Waals surface area (Å²) in [5.41, 5.74) is -0.613. The van der Waals surface area contributed by atoms with Crippen LogP contribution in [0.15, 0.2) is 27.3 Å². The number of nitrogens with zero attached hydrogens (tertiary/aromatic N) is 2. The lowest BCUT2D eigenvalue weighted by Crippen LogP contribution is -2.45. The number of aromatic nitrogens is 2. The van der Waals surface area contributed by atoms with Gasteiger partial charge in [-0.25, -0.2) is 0 Å². The summed E-state index contributed by atoms with van der Waals surface area (Å²) in [6.07, 6.45) is 7.60. The fourth-order valence-electron chi connectivity index (χ4n) is 3.77. The number of furan rings is 1. The van der Waals surface area contributed by atoms with Crippen molar-refractivity contribution in [3.05, 3.63) is 35.9 Å². The molecule has 1 fully saturated rings. The lowest BCUT2D eigenvalue weighted by molar-refractivity contribution is -0.126. The van der Waals surface area contributed by atoms with Crippen LogP contribution in [0.3, 0.4) is 0 Å². The van der Waals surface area contributed by atoms with Gasteiger partial charge in [-0.3, -0.25) is 14.4 Å². The van der Waals surface area contributed by atoms with Crippen molar-refractivity contribution >= 4 is 17.7 Å². The summed E-state index contributed by atoms with van der Waals surface area (Å²) in [7, 11) is 0. The molecule has 0 radical (unpaired) electrons. The maximum Gasteiger partial charge on any atom is 0.239 e. The molecule has 168 valence electrons. The molecule has 31 heavy (non-hydrogen) atoms. The average Bonchev–Trinajstić information content (AvgIpc) is 3.38. The fourth-order valence-corrected chi connectivity index (χ4v) is 3.77. The predicted molar refractivity (Wildman–Crippen MR) is 109 cm³/mol. The van der Waals surface area contributed by atoms with Gasteiger partial charge in [0.1, 0.15) is 11.3 Å². The molecule has 0 atom stereocenters. The lowest BCUT2D eigenvalue weighted by Gasteiger charge is -2.30. The van der Waals surface area contributed by atoms with Gasteiger partial charge < -0.3 is 24.9 Å². The highest BCUT2D eigenvalue weighted by molar-refractivity contribution is 5.84. The van der Waals surface area contributed by atoms with E-state index in [1.807, 2.05) is 0 Å².